The minimum Gasteiger partial charge on any atom is -0.381 e. The van der Waals surface area contributed by atoms with Crippen LogP contribution in [0.3, 0.4) is 0 Å². The van der Waals surface area contributed by atoms with Crippen LogP contribution >= 0.6 is 0 Å². The summed E-state index contributed by atoms with van der Waals surface area (Å²) in [6.07, 6.45) is 1.96. The summed E-state index contributed by atoms with van der Waals surface area (Å²) in [6, 6.07) is 18.9. The van der Waals surface area contributed by atoms with Crippen molar-refractivity contribution in [3.8, 4) is 0 Å². The lowest BCUT2D eigenvalue weighted by atomic mass is 10.2. The van der Waals surface area contributed by atoms with Crippen molar-refractivity contribution in [2.45, 2.75) is 6.54 Å². The molecule has 3 rings (SSSR count). The van der Waals surface area contributed by atoms with Crippen molar-refractivity contribution < 1.29 is 0 Å². The minimum atomic E-state index is 0.854. The smallest absolute Gasteiger partial charge is 0.0474 e. The van der Waals surface area contributed by atoms with Crippen molar-refractivity contribution in [1.29, 1.82) is 0 Å². The lowest BCUT2D eigenvalue weighted by Crippen LogP contribution is -1.98. The quantitative estimate of drug-likeness (QED) is 0.693. The van der Waals surface area contributed by atoms with Crippen LogP contribution < -0.4 is 5.32 Å². The molecular formula is C15H14N2. The third-order valence-electron chi connectivity index (χ3n) is 2.89. The molecule has 1 heterocycles. The first-order chi connectivity index (χ1) is 8.42. The Labute approximate surface area is 100 Å². The fourth-order valence-electron chi connectivity index (χ4n) is 1.96. The van der Waals surface area contributed by atoms with Crippen LogP contribution in [0.15, 0.2) is 60.8 Å². The minimum absolute atomic E-state index is 0.854. The van der Waals surface area contributed by atoms with Crippen molar-refractivity contribution in [1.82, 2.24) is 4.98 Å². The summed E-state index contributed by atoms with van der Waals surface area (Å²) in [5.41, 5.74) is 3.60. The normalized spacial score (nSPS) is 10.6. The van der Waals surface area contributed by atoms with Gasteiger partial charge in [0.15, 0.2) is 0 Å². The standard InChI is InChI=1S/C15H14N2/c1-2-4-12(5-3-1)11-17-14-7-6-13-8-9-16-15(13)10-14/h1-10,16-17H,11H2. The first-order valence-corrected chi connectivity index (χ1v) is 5.77. The van der Waals surface area contributed by atoms with Gasteiger partial charge < -0.3 is 10.3 Å². The highest BCUT2D eigenvalue weighted by atomic mass is 14.9. The van der Waals surface area contributed by atoms with Crippen LogP contribution in [0.4, 0.5) is 5.69 Å². The number of hydrogen-bond donors (Lipinski definition) is 2. The molecule has 2 heteroatoms. The van der Waals surface area contributed by atoms with E-state index in [1.54, 1.807) is 0 Å². The molecule has 0 aliphatic carbocycles. The molecule has 0 saturated carbocycles. The van der Waals surface area contributed by atoms with Crippen molar-refractivity contribution in [3.63, 3.8) is 0 Å². The molecular weight excluding hydrogens is 208 g/mol. The van der Waals surface area contributed by atoms with Gasteiger partial charge in [0.05, 0.1) is 0 Å². The van der Waals surface area contributed by atoms with Gasteiger partial charge in [-0.3, -0.25) is 0 Å². The second kappa shape index (κ2) is 4.34. The second-order valence-electron chi connectivity index (χ2n) is 4.12. The highest BCUT2D eigenvalue weighted by molar-refractivity contribution is 5.82. The molecule has 0 fully saturated rings. The van der Waals surface area contributed by atoms with Crippen LogP contribution in [-0.2, 0) is 6.54 Å². The molecule has 0 radical (unpaired) electrons. The van der Waals surface area contributed by atoms with E-state index in [9.17, 15) is 0 Å². The third kappa shape index (κ3) is 2.16. The van der Waals surface area contributed by atoms with Crippen molar-refractivity contribution in [3.05, 3.63) is 66.4 Å². The van der Waals surface area contributed by atoms with Crippen LogP contribution in [-0.4, -0.2) is 4.98 Å². The molecule has 0 saturated heterocycles. The largest absolute Gasteiger partial charge is 0.381 e. The predicted molar refractivity (Wildman–Crippen MR) is 72.1 cm³/mol. The van der Waals surface area contributed by atoms with Crippen molar-refractivity contribution in [2.75, 3.05) is 5.32 Å². The maximum Gasteiger partial charge on any atom is 0.0474 e. The lowest BCUT2D eigenvalue weighted by molar-refractivity contribution is 1.15. The number of anilines is 1. The molecule has 0 spiro atoms. The highest BCUT2D eigenvalue weighted by Crippen LogP contribution is 2.18. The Balaban J connectivity index is 1.76. The van der Waals surface area contributed by atoms with E-state index in [1.165, 1.54) is 16.5 Å². The number of benzene rings is 2. The van der Waals surface area contributed by atoms with Gasteiger partial charge in [-0.05, 0) is 29.1 Å². The number of aromatic amines is 1. The molecule has 3 aromatic rings. The van der Waals surface area contributed by atoms with Gasteiger partial charge in [0, 0.05) is 23.9 Å². The fourth-order valence-corrected chi connectivity index (χ4v) is 1.96. The highest BCUT2D eigenvalue weighted by Gasteiger charge is 1.97. The molecule has 2 N–H and O–H groups in total. The molecule has 17 heavy (non-hydrogen) atoms. The summed E-state index contributed by atoms with van der Waals surface area (Å²) in [6.45, 7) is 0.854. The van der Waals surface area contributed by atoms with Crippen molar-refractivity contribution in [2.24, 2.45) is 0 Å². The van der Waals surface area contributed by atoms with Gasteiger partial charge >= 0.3 is 0 Å². The van der Waals surface area contributed by atoms with Crippen LogP contribution in [0, 0.1) is 0 Å². The SMILES string of the molecule is c1ccc(CNc2ccc3cc[nH]c3c2)cc1. The number of H-pyrrole nitrogens is 1. The Kier molecular flexibility index (Phi) is 2.54. The molecule has 1 aromatic heterocycles. The maximum absolute atomic E-state index is 3.42. The molecule has 0 bridgehead atoms. The molecule has 0 aliphatic rings. The number of nitrogens with one attached hydrogen (secondary N) is 2. The Morgan fingerprint density at radius 1 is 0.941 bits per heavy atom. The summed E-state index contributed by atoms with van der Waals surface area (Å²) >= 11 is 0. The van der Waals surface area contributed by atoms with Crippen LogP contribution in [0.25, 0.3) is 10.9 Å². The third-order valence-corrected chi connectivity index (χ3v) is 2.89. The zero-order valence-electron chi connectivity index (χ0n) is 9.48. The summed E-state index contributed by atoms with van der Waals surface area (Å²) in [5.74, 6) is 0. The van der Waals surface area contributed by atoms with E-state index in [1.807, 2.05) is 12.3 Å². The molecule has 2 nitrogen and oxygen atoms in total. The van der Waals surface area contributed by atoms with Gasteiger partial charge in [-0.2, -0.15) is 0 Å². The van der Waals surface area contributed by atoms with Crippen LogP contribution in [0.2, 0.25) is 0 Å². The number of aromatic nitrogens is 1. The average Bonchev–Trinajstić information content (AvgIpc) is 2.85. The van der Waals surface area contributed by atoms with Crippen molar-refractivity contribution >= 4 is 16.6 Å². The van der Waals surface area contributed by atoms with E-state index >= 15 is 0 Å². The molecule has 2 aromatic carbocycles. The molecule has 0 amide bonds. The predicted octanol–water partition coefficient (Wildman–Crippen LogP) is 3.78. The summed E-state index contributed by atoms with van der Waals surface area (Å²) in [5, 5.41) is 4.67. The summed E-state index contributed by atoms with van der Waals surface area (Å²) in [4.78, 5) is 3.22. The van der Waals surface area contributed by atoms with E-state index in [2.05, 4.69) is 58.8 Å². The van der Waals surface area contributed by atoms with E-state index in [4.69, 9.17) is 0 Å². The average molecular weight is 222 g/mol. The first kappa shape index (κ1) is 9.97. The fraction of sp³-hybridized carbons (Fsp3) is 0.0667. The first-order valence-electron chi connectivity index (χ1n) is 5.77. The topological polar surface area (TPSA) is 27.8 Å². The Morgan fingerprint density at radius 3 is 2.71 bits per heavy atom. The van der Waals surface area contributed by atoms with E-state index in [0.29, 0.717) is 0 Å². The molecule has 0 unspecified atom stereocenters. The zero-order valence-corrected chi connectivity index (χ0v) is 9.48. The molecule has 0 atom stereocenters. The lowest BCUT2D eigenvalue weighted by Gasteiger charge is -2.06. The Morgan fingerprint density at radius 2 is 1.82 bits per heavy atom. The Bertz CT molecular complexity index is 611. The van der Waals surface area contributed by atoms with E-state index in [0.717, 1.165) is 12.2 Å². The second-order valence-corrected chi connectivity index (χ2v) is 4.12. The maximum atomic E-state index is 3.42. The van der Waals surface area contributed by atoms with Gasteiger partial charge in [-0.25, -0.2) is 0 Å². The van der Waals surface area contributed by atoms with Crippen LogP contribution in [0.5, 0.6) is 0 Å². The monoisotopic (exact) mass is 222 g/mol. The van der Waals surface area contributed by atoms with Crippen LogP contribution in [0.1, 0.15) is 5.56 Å². The van der Waals surface area contributed by atoms with Gasteiger partial charge in [-0.15, -0.1) is 0 Å². The number of rotatable bonds is 3. The van der Waals surface area contributed by atoms with Gasteiger partial charge in [0.25, 0.3) is 0 Å². The number of fused-ring (bicyclic) bond motifs is 1. The zero-order chi connectivity index (χ0) is 11.5. The summed E-state index contributed by atoms with van der Waals surface area (Å²) < 4.78 is 0. The molecule has 0 aliphatic heterocycles. The Hall–Kier alpha value is -2.22. The van der Waals surface area contributed by atoms with E-state index < -0.39 is 0 Å². The van der Waals surface area contributed by atoms with Gasteiger partial charge in [-0.1, -0.05) is 36.4 Å². The van der Waals surface area contributed by atoms with E-state index in [-0.39, 0.29) is 0 Å². The molecule has 84 valence electrons. The number of hydrogen-bond acceptors (Lipinski definition) is 1. The van der Waals surface area contributed by atoms with Gasteiger partial charge in [0.1, 0.15) is 0 Å². The van der Waals surface area contributed by atoms with Gasteiger partial charge in [0.2, 0.25) is 0 Å². The summed E-state index contributed by atoms with van der Waals surface area (Å²) in [7, 11) is 0.